The van der Waals surface area contributed by atoms with E-state index in [9.17, 15) is 14.4 Å². The molecule has 0 N–H and O–H groups in total. The molecule has 206 valence electrons. The zero-order valence-electron chi connectivity index (χ0n) is 22.0. The molecule has 0 spiro atoms. The molecule has 10 heteroatoms. The molecule has 0 fully saturated rings. The molecule has 0 bridgehead atoms. The number of hydrogen-bond donors (Lipinski definition) is 0. The number of carbonyl (C=O) groups excluding carboxylic acids is 3. The average molecular weight is 574 g/mol. The van der Waals surface area contributed by atoms with Gasteiger partial charge in [-0.25, -0.2) is 4.98 Å². The second kappa shape index (κ2) is 14.0. The molecule has 39 heavy (non-hydrogen) atoms. The minimum atomic E-state index is -0.787. The van der Waals surface area contributed by atoms with Gasteiger partial charge in [0.2, 0.25) is 6.79 Å². The average Bonchev–Trinajstić information content (AvgIpc) is 2.90. The first-order valence-electron chi connectivity index (χ1n) is 12.1. The summed E-state index contributed by atoms with van der Waals surface area (Å²) in [6, 6.07) is 16.1. The predicted octanol–water partition coefficient (Wildman–Crippen LogP) is 6.27. The van der Waals surface area contributed by atoms with Crippen molar-refractivity contribution < 1.29 is 33.3 Å². The lowest BCUT2D eigenvalue weighted by Crippen LogP contribution is -2.28. The van der Waals surface area contributed by atoms with Crippen LogP contribution in [0.25, 0.3) is 0 Å². The zero-order valence-corrected chi connectivity index (χ0v) is 23.5. The number of nitrogens with zero attached hydrogens (tertiary/aromatic N) is 1. The number of halogens is 2. The number of pyridine rings is 1. The maximum atomic E-state index is 13.1. The Morgan fingerprint density at radius 3 is 1.97 bits per heavy atom. The predicted molar refractivity (Wildman–Crippen MR) is 146 cm³/mol. The summed E-state index contributed by atoms with van der Waals surface area (Å²) < 4.78 is 21.4. The summed E-state index contributed by atoms with van der Waals surface area (Å²) in [5.41, 5.74) is 1.76. The van der Waals surface area contributed by atoms with Gasteiger partial charge in [0.15, 0.2) is 23.0 Å². The van der Waals surface area contributed by atoms with E-state index >= 15 is 0 Å². The molecule has 0 unspecified atom stereocenters. The summed E-state index contributed by atoms with van der Waals surface area (Å²) in [7, 11) is 1.40. The summed E-state index contributed by atoms with van der Waals surface area (Å²) in [4.78, 5) is 41.4. The Hall–Kier alpha value is -3.62. The molecule has 0 aliphatic rings. The first kappa shape index (κ1) is 29.9. The Morgan fingerprint density at radius 2 is 1.46 bits per heavy atom. The minimum Gasteiger partial charge on any atom is -0.493 e. The summed E-state index contributed by atoms with van der Waals surface area (Å²) in [5, 5.41) is 1.18. The number of aromatic nitrogens is 1. The monoisotopic (exact) mass is 573 g/mol. The second-order valence-electron chi connectivity index (χ2n) is 8.84. The molecule has 0 radical (unpaired) electrons. The fourth-order valence-corrected chi connectivity index (χ4v) is 4.25. The summed E-state index contributed by atoms with van der Waals surface area (Å²) >= 11 is 12.2. The highest BCUT2D eigenvalue weighted by molar-refractivity contribution is 6.30. The van der Waals surface area contributed by atoms with Crippen molar-refractivity contribution in [2.45, 2.75) is 39.2 Å². The number of esters is 2. The summed E-state index contributed by atoms with van der Waals surface area (Å²) in [5.74, 6) is -2.39. The van der Waals surface area contributed by atoms with Crippen LogP contribution < -0.4 is 9.47 Å². The van der Waals surface area contributed by atoms with Gasteiger partial charge in [-0.05, 0) is 42.3 Å². The van der Waals surface area contributed by atoms with Crippen molar-refractivity contribution >= 4 is 40.9 Å². The standard InChI is InChI=1S/C29H29Cl2NO7/c1-17(15-24(34)27-28(38-16-37-19(3)33)25(36-4)13-14-32-27)29(35)39-18(2)26(20-5-9-22(30)10-6-20)21-7-11-23(31)12-8-21/h5-14,17-18,26H,15-16H2,1-4H3/t17-,18+/m1/s1. The number of carbonyl (C=O) groups is 3. The lowest BCUT2D eigenvalue weighted by molar-refractivity contribution is -0.153. The van der Waals surface area contributed by atoms with E-state index < -0.39 is 36.5 Å². The smallest absolute Gasteiger partial charge is 0.309 e. The van der Waals surface area contributed by atoms with Gasteiger partial charge in [-0.1, -0.05) is 54.4 Å². The number of ketones is 1. The Kier molecular flexibility index (Phi) is 10.7. The van der Waals surface area contributed by atoms with Crippen LogP contribution in [-0.4, -0.2) is 42.7 Å². The van der Waals surface area contributed by atoms with Crippen molar-refractivity contribution in [3.8, 4) is 11.5 Å². The van der Waals surface area contributed by atoms with Crippen LogP contribution in [0.15, 0.2) is 60.8 Å². The number of Topliss-reactive ketones (excluding diaryl/α,β-unsaturated/α-hetero) is 1. The van der Waals surface area contributed by atoms with Gasteiger partial charge < -0.3 is 18.9 Å². The van der Waals surface area contributed by atoms with Gasteiger partial charge >= 0.3 is 11.9 Å². The molecule has 3 aromatic rings. The highest BCUT2D eigenvalue weighted by Crippen LogP contribution is 2.33. The zero-order chi connectivity index (χ0) is 28.5. The van der Waals surface area contributed by atoms with E-state index in [-0.39, 0.29) is 29.5 Å². The van der Waals surface area contributed by atoms with E-state index in [0.717, 1.165) is 11.1 Å². The van der Waals surface area contributed by atoms with E-state index in [4.69, 9.17) is 42.1 Å². The molecule has 1 aromatic heterocycles. The first-order valence-corrected chi connectivity index (χ1v) is 12.9. The van der Waals surface area contributed by atoms with Gasteiger partial charge in [-0.3, -0.25) is 14.4 Å². The number of rotatable bonds is 12. The van der Waals surface area contributed by atoms with Crippen LogP contribution >= 0.6 is 23.2 Å². The molecular weight excluding hydrogens is 545 g/mol. The summed E-state index contributed by atoms with van der Waals surface area (Å²) in [6.45, 7) is 4.20. The van der Waals surface area contributed by atoms with Gasteiger partial charge in [0.25, 0.3) is 0 Å². The van der Waals surface area contributed by atoms with Crippen molar-refractivity contribution in [3.05, 3.63) is 87.7 Å². The molecule has 0 aliphatic heterocycles. The fraction of sp³-hybridized carbons (Fsp3) is 0.310. The lowest BCUT2D eigenvalue weighted by Gasteiger charge is -2.26. The number of ether oxygens (including phenoxy) is 4. The van der Waals surface area contributed by atoms with E-state index in [2.05, 4.69) is 4.98 Å². The van der Waals surface area contributed by atoms with Gasteiger partial charge in [-0.15, -0.1) is 0 Å². The highest BCUT2D eigenvalue weighted by Gasteiger charge is 2.29. The van der Waals surface area contributed by atoms with Crippen LogP contribution in [0.4, 0.5) is 0 Å². The fourth-order valence-electron chi connectivity index (χ4n) is 4.00. The van der Waals surface area contributed by atoms with Crippen LogP contribution in [0.5, 0.6) is 11.5 Å². The molecule has 0 amide bonds. The van der Waals surface area contributed by atoms with Crippen molar-refractivity contribution in [1.82, 2.24) is 4.98 Å². The molecule has 8 nitrogen and oxygen atoms in total. The van der Waals surface area contributed by atoms with Crippen LogP contribution in [0.1, 0.15) is 54.7 Å². The van der Waals surface area contributed by atoms with Gasteiger partial charge in [0.1, 0.15) is 6.10 Å². The molecule has 3 rings (SSSR count). The van der Waals surface area contributed by atoms with Crippen LogP contribution in [0.2, 0.25) is 10.0 Å². The number of hydrogen-bond acceptors (Lipinski definition) is 8. The van der Waals surface area contributed by atoms with E-state index in [0.29, 0.717) is 10.0 Å². The van der Waals surface area contributed by atoms with Crippen molar-refractivity contribution in [3.63, 3.8) is 0 Å². The van der Waals surface area contributed by atoms with Crippen LogP contribution in [0, 0.1) is 5.92 Å². The molecule has 0 saturated heterocycles. The summed E-state index contributed by atoms with van der Waals surface area (Å²) in [6.07, 6.45) is 0.621. The minimum absolute atomic E-state index is 0.0192. The van der Waals surface area contributed by atoms with E-state index in [1.165, 1.54) is 26.3 Å². The second-order valence-corrected chi connectivity index (χ2v) is 9.71. The molecule has 2 aromatic carbocycles. The molecular formula is C29H29Cl2NO7. The third-order valence-electron chi connectivity index (χ3n) is 5.94. The first-order chi connectivity index (χ1) is 18.6. The Bertz CT molecular complexity index is 1250. The van der Waals surface area contributed by atoms with E-state index in [1.807, 2.05) is 24.3 Å². The maximum absolute atomic E-state index is 13.1. The highest BCUT2D eigenvalue weighted by atomic mass is 35.5. The van der Waals surface area contributed by atoms with E-state index in [1.54, 1.807) is 38.1 Å². The number of methoxy groups -OCH3 is 1. The van der Waals surface area contributed by atoms with Gasteiger partial charge in [0, 0.05) is 41.6 Å². The number of benzene rings is 2. The van der Waals surface area contributed by atoms with Crippen molar-refractivity contribution in [2.24, 2.45) is 5.92 Å². The molecule has 0 aliphatic carbocycles. The topological polar surface area (TPSA) is 101 Å². The maximum Gasteiger partial charge on any atom is 0.309 e. The quantitative estimate of drug-likeness (QED) is 0.142. The van der Waals surface area contributed by atoms with Gasteiger partial charge in [0.05, 0.1) is 13.0 Å². The Labute approximate surface area is 237 Å². The molecule has 1 heterocycles. The van der Waals surface area contributed by atoms with Crippen molar-refractivity contribution in [2.75, 3.05) is 13.9 Å². The Morgan fingerprint density at radius 1 is 0.897 bits per heavy atom. The van der Waals surface area contributed by atoms with Crippen LogP contribution in [0.3, 0.4) is 0 Å². The normalized spacial score (nSPS) is 12.4. The third kappa shape index (κ3) is 8.18. The van der Waals surface area contributed by atoms with Gasteiger partial charge in [-0.2, -0.15) is 0 Å². The molecule has 2 atom stereocenters. The SMILES string of the molecule is COc1ccnc(C(=O)C[C@@H](C)C(=O)O[C@@H](C)C(c2ccc(Cl)cc2)c2ccc(Cl)cc2)c1OCOC(C)=O. The van der Waals surface area contributed by atoms with Crippen LogP contribution in [-0.2, 0) is 19.1 Å². The molecule has 0 saturated carbocycles. The van der Waals surface area contributed by atoms with Crippen molar-refractivity contribution in [1.29, 1.82) is 0 Å². The Balaban J connectivity index is 1.75. The largest absolute Gasteiger partial charge is 0.493 e. The lowest BCUT2D eigenvalue weighted by atomic mass is 9.87. The third-order valence-corrected chi connectivity index (χ3v) is 6.45.